The Morgan fingerprint density at radius 2 is 1.81 bits per heavy atom. The van der Waals surface area contributed by atoms with E-state index >= 15 is 0 Å². The van der Waals surface area contributed by atoms with E-state index in [1.54, 1.807) is 31.2 Å². The number of aromatic hydroxyl groups is 1. The van der Waals surface area contributed by atoms with Crippen molar-refractivity contribution in [1.82, 2.24) is 4.98 Å². The van der Waals surface area contributed by atoms with Gasteiger partial charge in [-0.15, -0.1) is 0 Å². The zero-order valence-electron chi connectivity index (χ0n) is 24.8. The molecule has 1 aromatic heterocycles. The lowest BCUT2D eigenvalue weighted by molar-refractivity contribution is -0.164. The Bertz CT molecular complexity index is 1590. The van der Waals surface area contributed by atoms with Gasteiger partial charge in [-0.05, 0) is 84.2 Å². The largest absolute Gasteiger partial charge is 0.511 e. The van der Waals surface area contributed by atoms with Gasteiger partial charge in [-0.1, -0.05) is 58.5 Å². The molecule has 0 saturated heterocycles. The number of nitrogens with one attached hydrogen (secondary N) is 1. The van der Waals surface area contributed by atoms with Crippen molar-refractivity contribution in [3.8, 4) is 5.75 Å². The summed E-state index contributed by atoms with van der Waals surface area (Å²) < 4.78 is 34.8. The van der Waals surface area contributed by atoms with Crippen LogP contribution < -0.4 is 4.72 Å². The molecule has 4 rings (SSSR count). The van der Waals surface area contributed by atoms with E-state index in [1.807, 2.05) is 52.8 Å². The number of hydrogen-bond donors (Lipinski definition) is 3. The number of phenols is 1. The monoisotopic (exact) mass is 610 g/mol. The number of carbonyl (C=O) groups is 1. The number of aromatic nitrogens is 1. The van der Waals surface area contributed by atoms with Crippen LogP contribution in [-0.2, 0) is 31.4 Å². The summed E-state index contributed by atoms with van der Waals surface area (Å²) in [7, 11) is -3.86. The third-order valence-corrected chi connectivity index (χ3v) is 10.1. The fraction of sp³-hybridized carbons (Fsp3) is 0.375. The molecule has 1 unspecified atom stereocenters. The second-order valence-electron chi connectivity index (χ2n) is 12.0. The number of benzene rings is 2. The third-order valence-electron chi connectivity index (χ3n) is 7.57. The molecule has 0 radical (unpaired) electrons. The second-order valence-corrected chi connectivity index (χ2v) is 14.8. The van der Waals surface area contributed by atoms with Crippen LogP contribution in [0.1, 0.15) is 64.2 Å². The normalized spacial score (nSPS) is 17.8. The summed E-state index contributed by atoms with van der Waals surface area (Å²) in [6, 6.07) is 13.6. The maximum atomic E-state index is 13.5. The first-order valence-corrected chi connectivity index (χ1v) is 16.1. The Morgan fingerprint density at radius 1 is 1.12 bits per heavy atom. The molecule has 0 spiro atoms. The molecule has 0 bridgehead atoms. The molecular weight excluding hydrogens is 572 g/mol. The van der Waals surface area contributed by atoms with Gasteiger partial charge in [-0.25, -0.2) is 13.2 Å². The number of sulfonamides is 1. The van der Waals surface area contributed by atoms with E-state index in [1.165, 1.54) is 18.5 Å². The molecule has 3 aromatic rings. The molecule has 2 heterocycles. The number of ether oxygens (including phenoxy) is 1. The van der Waals surface area contributed by atoms with E-state index in [0.29, 0.717) is 24.1 Å². The molecule has 42 heavy (non-hydrogen) atoms. The van der Waals surface area contributed by atoms with E-state index in [9.17, 15) is 23.4 Å². The molecule has 1 aliphatic heterocycles. The number of thioether (sulfide) groups is 1. The zero-order valence-corrected chi connectivity index (χ0v) is 26.4. The predicted molar refractivity (Wildman–Crippen MR) is 165 cm³/mol. The van der Waals surface area contributed by atoms with Crippen molar-refractivity contribution in [2.45, 2.75) is 81.6 Å². The molecule has 3 N–H and O–H groups in total. The van der Waals surface area contributed by atoms with Gasteiger partial charge in [-0.2, -0.15) is 0 Å². The lowest BCUT2D eigenvalue weighted by Crippen LogP contribution is -2.44. The summed E-state index contributed by atoms with van der Waals surface area (Å²) >= 11 is 1.14. The van der Waals surface area contributed by atoms with Crippen molar-refractivity contribution < 1.29 is 28.2 Å². The molecule has 10 heteroatoms. The van der Waals surface area contributed by atoms with E-state index in [4.69, 9.17) is 4.74 Å². The Hall–Kier alpha value is -3.50. The van der Waals surface area contributed by atoms with Crippen LogP contribution in [0.2, 0.25) is 0 Å². The minimum absolute atomic E-state index is 0.0190. The highest BCUT2D eigenvalue weighted by molar-refractivity contribution is 8.04. The first-order chi connectivity index (χ1) is 19.6. The van der Waals surface area contributed by atoms with Gasteiger partial charge in [0.2, 0.25) is 0 Å². The number of cyclic esters (lactones) is 1. The van der Waals surface area contributed by atoms with Crippen molar-refractivity contribution in [3.05, 3.63) is 88.3 Å². The molecular formula is C32H38N2O6S2. The SMILES string of the molecule is Cc1cc(SC2=C(O)CC(CCc3ccc(O)cc3)(C(C)C)OC2=O)c(C(C)(C)C)cc1NS(=O)(=O)c1cccnc1. The number of carbonyl (C=O) groups excluding carboxylic acids is 1. The number of rotatable bonds is 9. The number of esters is 1. The number of phenolic OH excluding ortho intramolecular Hbond substituents is 1. The molecule has 1 atom stereocenters. The van der Waals surface area contributed by atoms with Gasteiger partial charge in [-0.3, -0.25) is 9.71 Å². The first-order valence-electron chi connectivity index (χ1n) is 13.8. The maximum Gasteiger partial charge on any atom is 0.349 e. The molecule has 0 fully saturated rings. The second kappa shape index (κ2) is 12.0. The lowest BCUT2D eigenvalue weighted by Gasteiger charge is -2.40. The number of nitrogens with zero attached hydrogens (tertiary/aromatic N) is 1. The standard InChI is InChI=1S/C32H38N2O6S2/c1-20(2)32(14-13-22-9-11-23(35)12-10-22)18-27(36)29(30(37)40-32)41-28-16-21(3)26(17-25(28)31(4,5)6)34-42(38,39)24-8-7-15-33-19-24/h7-12,15-17,19-20,34-36H,13-14,18H2,1-6H3. The fourth-order valence-electron chi connectivity index (χ4n) is 4.90. The maximum absolute atomic E-state index is 13.5. The number of pyridine rings is 1. The molecule has 1 aliphatic rings. The van der Waals surface area contributed by atoms with E-state index in [-0.39, 0.29) is 33.6 Å². The summed E-state index contributed by atoms with van der Waals surface area (Å²) in [5.41, 5.74) is 1.60. The molecule has 224 valence electrons. The minimum Gasteiger partial charge on any atom is -0.511 e. The smallest absolute Gasteiger partial charge is 0.349 e. The van der Waals surface area contributed by atoms with Gasteiger partial charge in [0.25, 0.3) is 10.0 Å². The number of aliphatic hydroxyl groups excluding tert-OH is 1. The van der Waals surface area contributed by atoms with Gasteiger partial charge in [0.1, 0.15) is 26.9 Å². The summed E-state index contributed by atoms with van der Waals surface area (Å²) in [5, 5.41) is 20.8. The van der Waals surface area contributed by atoms with Crippen molar-refractivity contribution in [2.75, 3.05) is 4.72 Å². The van der Waals surface area contributed by atoms with Gasteiger partial charge in [0.05, 0.1) is 5.69 Å². The van der Waals surface area contributed by atoms with Crippen molar-refractivity contribution in [3.63, 3.8) is 0 Å². The topological polar surface area (TPSA) is 126 Å². The van der Waals surface area contributed by atoms with Gasteiger partial charge >= 0.3 is 5.97 Å². The number of anilines is 1. The number of hydrogen-bond acceptors (Lipinski definition) is 8. The fourth-order valence-corrected chi connectivity index (χ4v) is 7.23. The van der Waals surface area contributed by atoms with Gasteiger partial charge in [0, 0.05) is 23.7 Å². The highest BCUT2D eigenvalue weighted by atomic mass is 32.2. The average molecular weight is 611 g/mol. The van der Waals surface area contributed by atoms with Gasteiger partial charge in [0.15, 0.2) is 0 Å². The van der Waals surface area contributed by atoms with Crippen LogP contribution in [0.5, 0.6) is 5.75 Å². The van der Waals surface area contributed by atoms with Crippen LogP contribution in [0.25, 0.3) is 0 Å². The molecule has 2 aromatic carbocycles. The van der Waals surface area contributed by atoms with Crippen LogP contribution in [0.4, 0.5) is 5.69 Å². The van der Waals surface area contributed by atoms with Crippen LogP contribution in [0, 0.1) is 12.8 Å². The lowest BCUT2D eigenvalue weighted by atomic mass is 9.80. The predicted octanol–water partition coefficient (Wildman–Crippen LogP) is 7.03. The summed E-state index contributed by atoms with van der Waals surface area (Å²) in [6.07, 6.45) is 4.12. The Balaban J connectivity index is 1.64. The van der Waals surface area contributed by atoms with Crippen LogP contribution in [0.15, 0.2) is 81.4 Å². The van der Waals surface area contributed by atoms with E-state index < -0.39 is 27.0 Å². The minimum atomic E-state index is -3.86. The molecule has 0 amide bonds. The van der Waals surface area contributed by atoms with Crippen molar-refractivity contribution in [1.29, 1.82) is 0 Å². The Labute approximate surface area is 252 Å². The van der Waals surface area contributed by atoms with E-state index in [2.05, 4.69) is 9.71 Å². The van der Waals surface area contributed by atoms with Crippen LogP contribution >= 0.6 is 11.8 Å². The van der Waals surface area contributed by atoms with Crippen LogP contribution in [0.3, 0.4) is 0 Å². The Kier molecular flexibility index (Phi) is 8.99. The molecule has 0 aliphatic carbocycles. The van der Waals surface area contributed by atoms with Crippen molar-refractivity contribution in [2.24, 2.45) is 5.92 Å². The first kappa shape index (κ1) is 31.4. The highest BCUT2D eigenvalue weighted by Crippen LogP contribution is 2.46. The quantitative estimate of drug-likeness (QED) is 0.221. The van der Waals surface area contributed by atoms with E-state index in [0.717, 1.165) is 27.8 Å². The van der Waals surface area contributed by atoms with Crippen LogP contribution in [-0.4, -0.2) is 35.2 Å². The summed E-state index contributed by atoms with van der Waals surface area (Å²) in [5.74, 6) is -0.462. The van der Waals surface area contributed by atoms with Crippen molar-refractivity contribution >= 4 is 33.4 Å². The molecule has 8 nitrogen and oxygen atoms in total. The highest BCUT2D eigenvalue weighted by Gasteiger charge is 2.44. The zero-order chi connectivity index (χ0) is 30.9. The average Bonchev–Trinajstić information content (AvgIpc) is 2.91. The summed E-state index contributed by atoms with van der Waals surface area (Å²) in [4.78, 5) is 18.3. The van der Waals surface area contributed by atoms with Gasteiger partial charge < -0.3 is 14.9 Å². The third kappa shape index (κ3) is 6.93. The Morgan fingerprint density at radius 3 is 2.38 bits per heavy atom. The number of aliphatic hydroxyl groups is 1. The summed E-state index contributed by atoms with van der Waals surface area (Å²) in [6.45, 7) is 11.7. The molecule has 0 saturated carbocycles. The number of aryl methyl sites for hydroxylation is 2.